The van der Waals surface area contributed by atoms with Crippen LogP contribution in [0.1, 0.15) is 22.2 Å². The molecule has 7 nitrogen and oxygen atoms in total. The van der Waals surface area contributed by atoms with Gasteiger partial charge in [-0.2, -0.15) is 0 Å². The second-order valence-corrected chi connectivity index (χ2v) is 8.11. The number of aryl methyl sites for hydroxylation is 1. The Labute approximate surface area is 187 Å². The standard InChI is InChI=1S/C23H18FN3O4S/c1-3-12-31-17-10-6-14(7-11-17)19-18(20(28)15-4-8-16(24)9-5-15)21(29)22(30)27(19)23-26-25-13(2)32-23/h3-11,19,28H,1,12H2,2H3/b20-18-. The summed E-state index contributed by atoms with van der Waals surface area (Å²) in [6.45, 7) is 5.67. The van der Waals surface area contributed by atoms with Crippen LogP contribution >= 0.6 is 11.3 Å². The molecule has 1 aliphatic heterocycles. The van der Waals surface area contributed by atoms with Crippen LogP contribution in [0.25, 0.3) is 5.76 Å². The zero-order valence-corrected chi connectivity index (χ0v) is 17.8. The third-order valence-electron chi connectivity index (χ3n) is 4.85. The molecule has 0 bridgehead atoms. The van der Waals surface area contributed by atoms with E-state index in [1.807, 2.05) is 0 Å². The number of aliphatic hydroxyl groups is 1. The fourth-order valence-electron chi connectivity index (χ4n) is 3.39. The van der Waals surface area contributed by atoms with Gasteiger partial charge in [-0.15, -0.1) is 10.2 Å². The number of ketones is 1. The molecule has 0 saturated carbocycles. The lowest BCUT2D eigenvalue weighted by Gasteiger charge is -2.22. The first-order valence-corrected chi connectivity index (χ1v) is 10.4. The third-order valence-corrected chi connectivity index (χ3v) is 5.69. The van der Waals surface area contributed by atoms with Crippen LogP contribution in [0.5, 0.6) is 5.75 Å². The van der Waals surface area contributed by atoms with Crippen molar-refractivity contribution >= 4 is 33.9 Å². The molecule has 32 heavy (non-hydrogen) atoms. The van der Waals surface area contributed by atoms with Gasteiger partial charge in [0, 0.05) is 5.56 Å². The maximum Gasteiger partial charge on any atom is 0.301 e. The van der Waals surface area contributed by atoms with Gasteiger partial charge in [-0.05, 0) is 48.9 Å². The number of carbonyl (C=O) groups excluding carboxylic acids is 2. The van der Waals surface area contributed by atoms with Crippen molar-refractivity contribution in [1.82, 2.24) is 10.2 Å². The van der Waals surface area contributed by atoms with Gasteiger partial charge in [-0.25, -0.2) is 4.39 Å². The van der Waals surface area contributed by atoms with Crippen LogP contribution in [-0.4, -0.2) is 33.6 Å². The number of aliphatic hydroxyl groups excluding tert-OH is 1. The number of ether oxygens (including phenoxy) is 1. The minimum atomic E-state index is -0.944. The van der Waals surface area contributed by atoms with Gasteiger partial charge in [0.2, 0.25) is 5.13 Å². The second kappa shape index (κ2) is 8.72. The molecule has 1 aromatic heterocycles. The minimum absolute atomic E-state index is 0.116. The van der Waals surface area contributed by atoms with Crippen molar-refractivity contribution in [3.63, 3.8) is 0 Å². The van der Waals surface area contributed by atoms with Gasteiger partial charge in [0.05, 0.1) is 11.6 Å². The fraction of sp³-hybridized carbons (Fsp3) is 0.130. The lowest BCUT2D eigenvalue weighted by Crippen LogP contribution is -2.29. The van der Waals surface area contributed by atoms with E-state index in [2.05, 4.69) is 16.8 Å². The molecule has 162 valence electrons. The number of carbonyl (C=O) groups is 2. The molecule has 1 atom stereocenters. The number of rotatable bonds is 6. The molecule has 1 saturated heterocycles. The van der Waals surface area contributed by atoms with Gasteiger partial charge in [0.15, 0.2) is 0 Å². The van der Waals surface area contributed by atoms with Crippen LogP contribution in [0.4, 0.5) is 9.52 Å². The van der Waals surface area contributed by atoms with Gasteiger partial charge in [-0.3, -0.25) is 14.5 Å². The first kappa shape index (κ1) is 21.4. The highest BCUT2D eigenvalue weighted by atomic mass is 32.1. The van der Waals surface area contributed by atoms with Crippen LogP contribution in [0.3, 0.4) is 0 Å². The summed E-state index contributed by atoms with van der Waals surface area (Å²) in [7, 11) is 0. The molecule has 1 N–H and O–H groups in total. The summed E-state index contributed by atoms with van der Waals surface area (Å²) in [5, 5.41) is 19.8. The van der Waals surface area contributed by atoms with Gasteiger partial charge < -0.3 is 9.84 Å². The van der Waals surface area contributed by atoms with E-state index >= 15 is 0 Å². The Bertz CT molecular complexity index is 1220. The van der Waals surface area contributed by atoms with Gasteiger partial charge >= 0.3 is 5.91 Å². The first-order chi connectivity index (χ1) is 15.4. The lowest BCUT2D eigenvalue weighted by atomic mass is 9.95. The summed E-state index contributed by atoms with van der Waals surface area (Å²) in [6.07, 6.45) is 1.61. The van der Waals surface area contributed by atoms with E-state index < -0.39 is 29.3 Å². The monoisotopic (exact) mass is 451 g/mol. The molecular formula is C23H18FN3O4S. The smallest absolute Gasteiger partial charge is 0.301 e. The van der Waals surface area contributed by atoms with E-state index in [9.17, 15) is 19.1 Å². The van der Waals surface area contributed by atoms with E-state index in [0.717, 1.165) is 11.3 Å². The largest absolute Gasteiger partial charge is 0.507 e. The molecule has 1 unspecified atom stereocenters. The Morgan fingerprint density at radius 3 is 2.47 bits per heavy atom. The zero-order valence-electron chi connectivity index (χ0n) is 17.0. The number of anilines is 1. The predicted octanol–water partition coefficient (Wildman–Crippen LogP) is 4.18. The highest BCUT2D eigenvalue weighted by molar-refractivity contribution is 7.15. The van der Waals surface area contributed by atoms with Crippen LogP contribution < -0.4 is 9.64 Å². The molecular weight excluding hydrogens is 433 g/mol. The Balaban J connectivity index is 1.86. The summed E-state index contributed by atoms with van der Waals surface area (Å²) in [5.74, 6) is -2.00. The minimum Gasteiger partial charge on any atom is -0.507 e. The average molecular weight is 451 g/mol. The van der Waals surface area contributed by atoms with E-state index in [1.165, 1.54) is 29.2 Å². The number of hydrogen-bond acceptors (Lipinski definition) is 7. The Morgan fingerprint density at radius 1 is 1.19 bits per heavy atom. The van der Waals surface area contributed by atoms with Gasteiger partial charge in [0.1, 0.15) is 28.9 Å². The van der Waals surface area contributed by atoms with E-state index in [0.29, 0.717) is 22.9 Å². The first-order valence-electron chi connectivity index (χ1n) is 9.61. The molecule has 0 radical (unpaired) electrons. The Morgan fingerprint density at radius 2 is 1.88 bits per heavy atom. The summed E-state index contributed by atoms with van der Waals surface area (Å²) in [6, 6.07) is 10.9. The maximum absolute atomic E-state index is 13.4. The van der Waals surface area contributed by atoms with Crippen molar-refractivity contribution in [3.05, 3.63) is 88.7 Å². The molecule has 2 heterocycles. The molecule has 1 aliphatic rings. The Hall–Kier alpha value is -3.85. The van der Waals surface area contributed by atoms with Crippen molar-refractivity contribution in [1.29, 1.82) is 0 Å². The summed E-state index contributed by atoms with van der Waals surface area (Å²) in [4.78, 5) is 27.2. The number of nitrogens with zero attached hydrogens (tertiary/aromatic N) is 3. The predicted molar refractivity (Wildman–Crippen MR) is 118 cm³/mol. The molecule has 0 aliphatic carbocycles. The molecule has 1 fully saturated rings. The van der Waals surface area contributed by atoms with Crippen molar-refractivity contribution in [2.45, 2.75) is 13.0 Å². The number of Topliss-reactive ketones (excluding diaryl/α,β-unsaturated/α-hetero) is 1. The van der Waals surface area contributed by atoms with Gasteiger partial charge in [0.25, 0.3) is 5.78 Å². The van der Waals surface area contributed by atoms with E-state index in [4.69, 9.17) is 4.74 Å². The van der Waals surface area contributed by atoms with Crippen molar-refractivity contribution in [3.8, 4) is 5.75 Å². The average Bonchev–Trinajstić information content (AvgIpc) is 3.33. The lowest BCUT2D eigenvalue weighted by molar-refractivity contribution is -0.132. The summed E-state index contributed by atoms with van der Waals surface area (Å²) < 4.78 is 18.9. The molecule has 4 rings (SSSR count). The number of benzene rings is 2. The van der Waals surface area contributed by atoms with Crippen molar-refractivity contribution < 1.29 is 23.8 Å². The van der Waals surface area contributed by atoms with Crippen LogP contribution in [0, 0.1) is 12.7 Å². The van der Waals surface area contributed by atoms with Crippen LogP contribution in [0.2, 0.25) is 0 Å². The van der Waals surface area contributed by atoms with Crippen LogP contribution in [0.15, 0.2) is 66.8 Å². The van der Waals surface area contributed by atoms with Crippen LogP contribution in [-0.2, 0) is 9.59 Å². The highest BCUT2D eigenvalue weighted by Gasteiger charge is 2.48. The summed E-state index contributed by atoms with van der Waals surface area (Å²) in [5.41, 5.74) is 0.662. The van der Waals surface area contributed by atoms with E-state index in [1.54, 1.807) is 37.3 Å². The molecule has 2 aromatic carbocycles. The normalized spacial score (nSPS) is 17.6. The topological polar surface area (TPSA) is 92.6 Å². The number of amides is 1. The molecule has 3 aromatic rings. The maximum atomic E-state index is 13.4. The SMILES string of the molecule is C=CCOc1ccc(C2/C(=C(/O)c3ccc(F)cc3)C(=O)C(=O)N2c2nnc(C)s2)cc1. The van der Waals surface area contributed by atoms with Crippen molar-refractivity contribution in [2.24, 2.45) is 0 Å². The fourth-order valence-corrected chi connectivity index (χ4v) is 4.11. The molecule has 1 amide bonds. The third kappa shape index (κ3) is 3.90. The number of hydrogen-bond donors (Lipinski definition) is 1. The quantitative estimate of drug-likeness (QED) is 0.262. The number of halogens is 1. The second-order valence-electron chi connectivity index (χ2n) is 6.95. The van der Waals surface area contributed by atoms with Crippen molar-refractivity contribution in [2.75, 3.05) is 11.5 Å². The molecule has 0 spiro atoms. The molecule has 9 heteroatoms. The summed E-state index contributed by atoms with van der Waals surface area (Å²) >= 11 is 1.16. The zero-order chi connectivity index (χ0) is 22.8. The van der Waals surface area contributed by atoms with E-state index in [-0.39, 0.29) is 16.3 Å². The highest BCUT2D eigenvalue weighted by Crippen LogP contribution is 2.43. The number of aromatic nitrogens is 2. The van der Waals surface area contributed by atoms with Gasteiger partial charge in [-0.1, -0.05) is 36.1 Å². The Kier molecular flexibility index (Phi) is 5.83.